The fraction of sp³-hybridized carbons (Fsp3) is 0.400. The van der Waals surface area contributed by atoms with Crippen LogP contribution in [0.15, 0.2) is 18.2 Å². The van der Waals surface area contributed by atoms with Gasteiger partial charge in [-0.05, 0) is 13.0 Å². The molecule has 1 fully saturated rings. The average Bonchev–Trinajstić information content (AvgIpc) is 2.57. The van der Waals surface area contributed by atoms with Crippen molar-refractivity contribution in [3.05, 3.63) is 28.8 Å². The number of phenols is 1. The molecular weight excluding hydrogens is 218 g/mol. The minimum Gasteiger partial charge on any atom is -0.506 e. The Labute approximate surface area is 92.7 Å². The number of rotatable bonds is 1. The minimum absolute atomic E-state index is 0.158. The zero-order valence-corrected chi connectivity index (χ0v) is 9.40. The molecule has 14 heavy (non-hydrogen) atoms. The molecule has 2 N–H and O–H groups in total. The van der Waals surface area contributed by atoms with Crippen molar-refractivity contribution in [2.75, 3.05) is 5.75 Å². The molecular formula is C10H12ClNOS. The molecule has 2 unspecified atom stereocenters. The molecule has 1 heterocycles. The lowest BCUT2D eigenvalue weighted by molar-refractivity contribution is 0.474. The second-order valence-electron chi connectivity index (χ2n) is 3.46. The SMILES string of the molecule is CC1CSC(c2cccc(O)c2Cl)N1. The zero-order chi connectivity index (χ0) is 10.1. The Morgan fingerprint density at radius 1 is 1.57 bits per heavy atom. The van der Waals surface area contributed by atoms with Crippen LogP contribution in [0.5, 0.6) is 5.75 Å². The molecule has 2 atom stereocenters. The van der Waals surface area contributed by atoms with E-state index in [1.807, 2.05) is 23.9 Å². The third-order valence-electron chi connectivity index (χ3n) is 2.24. The average molecular weight is 230 g/mol. The van der Waals surface area contributed by atoms with E-state index in [-0.39, 0.29) is 11.1 Å². The Morgan fingerprint density at radius 2 is 2.36 bits per heavy atom. The van der Waals surface area contributed by atoms with Crippen LogP contribution in [0.2, 0.25) is 5.02 Å². The highest BCUT2D eigenvalue weighted by atomic mass is 35.5. The Balaban J connectivity index is 2.28. The van der Waals surface area contributed by atoms with Crippen molar-refractivity contribution >= 4 is 23.4 Å². The molecule has 1 saturated heterocycles. The molecule has 0 spiro atoms. The van der Waals surface area contributed by atoms with Crippen molar-refractivity contribution in [2.45, 2.75) is 18.3 Å². The standard InChI is InChI=1S/C10H12ClNOS/c1-6-5-14-10(12-6)7-3-2-4-8(13)9(7)11/h2-4,6,10,12-13H,5H2,1H3. The number of hydrogen-bond donors (Lipinski definition) is 2. The van der Waals surface area contributed by atoms with Crippen molar-refractivity contribution in [3.63, 3.8) is 0 Å². The number of thioether (sulfide) groups is 1. The van der Waals surface area contributed by atoms with Crippen molar-refractivity contribution in [2.24, 2.45) is 0 Å². The Morgan fingerprint density at radius 3 is 3.00 bits per heavy atom. The monoisotopic (exact) mass is 229 g/mol. The maximum Gasteiger partial charge on any atom is 0.134 e. The number of aromatic hydroxyl groups is 1. The molecule has 1 aliphatic rings. The molecule has 0 aromatic heterocycles. The predicted molar refractivity (Wildman–Crippen MR) is 60.9 cm³/mol. The lowest BCUT2D eigenvalue weighted by Gasteiger charge is -2.13. The Bertz CT molecular complexity index is 345. The van der Waals surface area contributed by atoms with Crippen LogP contribution in [0.25, 0.3) is 0 Å². The van der Waals surface area contributed by atoms with E-state index in [1.54, 1.807) is 6.07 Å². The molecule has 76 valence electrons. The largest absolute Gasteiger partial charge is 0.506 e. The van der Waals surface area contributed by atoms with Crippen molar-refractivity contribution in [1.29, 1.82) is 0 Å². The second kappa shape index (κ2) is 4.01. The molecule has 2 rings (SSSR count). The molecule has 1 aromatic carbocycles. The quantitative estimate of drug-likeness (QED) is 0.777. The fourth-order valence-electron chi connectivity index (χ4n) is 1.51. The first-order chi connectivity index (χ1) is 6.68. The molecule has 0 aliphatic carbocycles. The van der Waals surface area contributed by atoms with E-state index in [9.17, 15) is 5.11 Å². The molecule has 0 bridgehead atoms. The van der Waals surface area contributed by atoms with Crippen LogP contribution in [0.3, 0.4) is 0 Å². The van der Waals surface area contributed by atoms with Crippen LogP contribution in [-0.2, 0) is 0 Å². The summed E-state index contributed by atoms with van der Waals surface area (Å²) in [6.45, 7) is 2.14. The first-order valence-corrected chi connectivity index (χ1v) is 5.96. The summed E-state index contributed by atoms with van der Waals surface area (Å²) in [4.78, 5) is 0. The highest BCUT2D eigenvalue weighted by molar-refractivity contribution is 7.99. The second-order valence-corrected chi connectivity index (χ2v) is 4.98. The highest BCUT2D eigenvalue weighted by Crippen LogP contribution is 2.39. The Kier molecular flexibility index (Phi) is 2.91. The summed E-state index contributed by atoms with van der Waals surface area (Å²) in [5.41, 5.74) is 0.973. The summed E-state index contributed by atoms with van der Waals surface area (Å²) in [6.07, 6.45) is 0. The van der Waals surface area contributed by atoms with E-state index in [4.69, 9.17) is 11.6 Å². The van der Waals surface area contributed by atoms with Gasteiger partial charge in [-0.2, -0.15) is 0 Å². The van der Waals surface area contributed by atoms with E-state index < -0.39 is 0 Å². The van der Waals surface area contributed by atoms with Crippen LogP contribution in [0.1, 0.15) is 17.9 Å². The van der Waals surface area contributed by atoms with Crippen molar-refractivity contribution < 1.29 is 5.11 Å². The molecule has 0 amide bonds. The first kappa shape index (κ1) is 10.1. The predicted octanol–water partition coefficient (Wildman–Crippen LogP) is 2.77. The zero-order valence-electron chi connectivity index (χ0n) is 7.83. The van der Waals surface area contributed by atoms with Gasteiger partial charge in [-0.3, -0.25) is 5.32 Å². The number of nitrogens with one attached hydrogen (secondary N) is 1. The van der Waals surface area contributed by atoms with Crippen LogP contribution < -0.4 is 5.32 Å². The fourth-order valence-corrected chi connectivity index (χ4v) is 3.10. The number of hydrogen-bond acceptors (Lipinski definition) is 3. The number of benzene rings is 1. The Hall–Kier alpha value is -0.380. The van der Waals surface area contributed by atoms with E-state index >= 15 is 0 Å². The maximum absolute atomic E-state index is 9.46. The summed E-state index contributed by atoms with van der Waals surface area (Å²) in [5.74, 6) is 1.24. The van der Waals surface area contributed by atoms with Crippen LogP contribution in [-0.4, -0.2) is 16.9 Å². The van der Waals surface area contributed by atoms with Crippen molar-refractivity contribution in [3.8, 4) is 5.75 Å². The van der Waals surface area contributed by atoms with Gasteiger partial charge in [-0.15, -0.1) is 11.8 Å². The first-order valence-electron chi connectivity index (χ1n) is 4.53. The number of halogens is 1. The van der Waals surface area contributed by atoms with E-state index in [0.717, 1.165) is 11.3 Å². The summed E-state index contributed by atoms with van der Waals surface area (Å²) < 4.78 is 0. The van der Waals surface area contributed by atoms with Crippen LogP contribution >= 0.6 is 23.4 Å². The van der Waals surface area contributed by atoms with Crippen LogP contribution in [0, 0.1) is 0 Å². The summed E-state index contributed by atoms with van der Waals surface area (Å²) in [7, 11) is 0. The van der Waals surface area contributed by atoms with Gasteiger partial charge in [0.2, 0.25) is 0 Å². The van der Waals surface area contributed by atoms with Gasteiger partial charge in [0.25, 0.3) is 0 Å². The van der Waals surface area contributed by atoms with Gasteiger partial charge in [0.1, 0.15) is 5.75 Å². The van der Waals surface area contributed by atoms with Gasteiger partial charge in [-0.25, -0.2) is 0 Å². The summed E-state index contributed by atoms with van der Waals surface area (Å²) >= 11 is 7.84. The van der Waals surface area contributed by atoms with E-state index in [0.29, 0.717) is 11.1 Å². The van der Waals surface area contributed by atoms with E-state index in [2.05, 4.69) is 12.2 Å². The molecule has 4 heteroatoms. The lowest BCUT2D eigenvalue weighted by Crippen LogP contribution is -2.22. The van der Waals surface area contributed by atoms with Gasteiger partial charge in [-0.1, -0.05) is 23.7 Å². The van der Waals surface area contributed by atoms with E-state index in [1.165, 1.54) is 0 Å². The van der Waals surface area contributed by atoms with Gasteiger partial charge >= 0.3 is 0 Å². The van der Waals surface area contributed by atoms with Crippen LogP contribution in [0.4, 0.5) is 0 Å². The smallest absolute Gasteiger partial charge is 0.134 e. The minimum atomic E-state index is 0.158. The third kappa shape index (κ3) is 1.85. The highest BCUT2D eigenvalue weighted by Gasteiger charge is 2.24. The molecule has 1 aromatic rings. The normalized spacial score (nSPS) is 26.7. The topological polar surface area (TPSA) is 32.3 Å². The molecule has 0 saturated carbocycles. The molecule has 0 radical (unpaired) electrons. The van der Waals surface area contributed by atoms with Gasteiger partial charge in [0.15, 0.2) is 0 Å². The van der Waals surface area contributed by atoms with Crippen molar-refractivity contribution in [1.82, 2.24) is 5.32 Å². The summed E-state index contributed by atoms with van der Waals surface area (Å²) in [5, 5.41) is 13.5. The summed E-state index contributed by atoms with van der Waals surface area (Å²) in [6, 6.07) is 5.88. The number of phenolic OH excluding ortho intramolecular Hbond substituents is 1. The molecule has 2 nitrogen and oxygen atoms in total. The lowest BCUT2D eigenvalue weighted by atomic mass is 10.2. The maximum atomic E-state index is 9.46. The van der Waals surface area contributed by atoms with Gasteiger partial charge in [0, 0.05) is 17.4 Å². The van der Waals surface area contributed by atoms with Gasteiger partial charge in [0.05, 0.1) is 10.4 Å². The van der Waals surface area contributed by atoms with Gasteiger partial charge < -0.3 is 5.11 Å². The third-order valence-corrected chi connectivity index (χ3v) is 4.07. The molecule has 1 aliphatic heterocycles.